The summed E-state index contributed by atoms with van der Waals surface area (Å²) in [7, 11) is 1.72. The van der Waals surface area contributed by atoms with Crippen LogP contribution in [0.5, 0.6) is 0 Å². The number of nitrogens with zero attached hydrogens (tertiary/aromatic N) is 2. The van der Waals surface area contributed by atoms with Crippen LogP contribution < -0.4 is 5.32 Å². The van der Waals surface area contributed by atoms with Crippen LogP contribution in [0.3, 0.4) is 0 Å². The topological polar surface area (TPSA) is 44.7 Å². The highest BCUT2D eigenvalue weighted by atomic mass is 16.2. The minimum absolute atomic E-state index is 0.115. The van der Waals surface area contributed by atoms with Gasteiger partial charge in [0.15, 0.2) is 0 Å². The molecule has 2 aliphatic rings. The van der Waals surface area contributed by atoms with Gasteiger partial charge < -0.3 is 5.32 Å². The summed E-state index contributed by atoms with van der Waals surface area (Å²) in [6, 6.07) is 0. The van der Waals surface area contributed by atoms with Gasteiger partial charge in [-0.1, -0.05) is 0 Å². The van der Waals surface area contributed by atoms with E-state index in [9.17, 15) is 4.79 Å². The second kappa shape index (κ2) is 2.29. The number of piperidine rings is 1. The third kappa shape index (κ3) is 0.813. The number of hydrogen-bond donors (Lipinski definition) is 1. The van der Waals surface area contributed by atoms with E-state index in [1.54, 1.807) is 7.05 Å². The molecule has 66 valence electrons. The second-order valence-corrected chi connectivity index (χ2v) is 3.63. The van der Waals surface area contributed by atoms with E-state index in [2.05, 4.69) is 10.4 Å². The Kier molecular flexibility index (Phi) is 1.48. The van der Waals surface area contributed by atoms with E-state index < -0.39 is 0 Å². The molecular weight excluding hydrogens is 154 g/mol. The van der Waals surface area contributed by atoms with Crippen molar-refractivity contribution in [1.82, 2.24) is 10.3 Å². The number of nitrogens with one attached hydrogen (secondary N) is 1. The molecule has 1 saturated heterocycles. The highest BCUT2D eigenvalue weighted by Gasteiger charge is 2.46. The molecule has 0 spiro atoms. The first-order valence-corrected chi connectivity index (χ1v) is 4.21. The van der Waals surface area contributed by atoms with Crippen molar-refractivity contribution in [3.05, 3.63) is 0 Å². The highest BCUT2D eigenvalue weighted by molar-refractivity contribution is 6.12. The van der Waals surface area contributed by atoms with Crippen molar-refractivity contribution in [2.75, 3.05) is 20.1 Å². The molecule has 0 radical (unpaired) electrons. The van der Waals surface area contributed by atoms with Crippen molar-refractivity contribution in [1.29, 1.82) is 0 Å². The molecule has 0 aromatic carbocycles. The first kappa shape index (κ1) is 7.73. The molecule has 0 bridgehead atoms. The van der Waals surface area contributed by atoms with Crippen LogP contribution in [0.25, 0.3) is 0 Å². The first-order chi connectivity index (χ1) is 5.64. The zero-order chi connectivity index (χ0) is 8.77. The lowest BCUT2D eigenvalue weighted by Gasteiger charge is -2.28. The van der Waals surface area contributed by atoms with Crippen LogP contribution in [0.2, 0.25) is 0 Å². The number of amides is 1. The lowest BCUT2D eigenvalue weighted by atomic mass is 9.81. The molecule has 1 unspecified atom stereocenters. The molecular formula is C8H13N3O. The van der Waals surface area contributed by atoms with Gasteiger partial charge >= 0.3 is 0 Å². The Labute approximate surface area is 71.6 Å². The van der Waals surface area contributed by atoms with Crippen molar-refractivity contribution < 1.29 is 4.79 Å². The van der Waals surface area contributed by atoms with Gasteiger partial charge in [-0.15, -0.1) is 0 Å². The molecule has 1 amide bonds. The quantitative estimate of drug-likeness (QED) is 0.543. The average molecular weight is 167 g/mol. The molecule has 4 nitrogen and oxygen atoms in total. The van der Waals surface area contributed by atoms with Gasteiger partial charge in [0, 0.05) is 26.6 Å². The Morgan fingerprint density at radius 1 is 1.67 bits per heavy atom. The van der Waals surface area contributed by atoms with E-state index in [0.717, 1.165) is 25.2 Å². The van der Waals surface area contributed by atoms with E-state index in [1.807, 2.05) is 6.92 Å². The fourth-order valence-electron chi connectivity index (χ4n) is 1.87. The largest absolute Gasteiger partial charge is 0.315 e. The first-order valence-electron chi connectivity index (χ1n) is 4.21. The Morgan fingerprint density at radius 2 is 2.42 bits per heavy atom. The van der Waals surface area contributed by atoms with E-state index in [-0.39, 0.29) is 11.3 Å². The Morgan fingerprint density at radius 3 is 3.08 bits per heavy atom. The molecule has 0 saturated carbocycles. The number of fused-ring (bicyclic) bond motifs is 1. The summed E-state index contributed by atoms with van der Waals surface area (Å²) < 4.78 is 0. The molecule has 1 atom stereocenters. The van der Waals surface area contributed by atoms with Crippen LogP contribution in [0.4, 0.5) is 0 Å². The summed E-state index contributed by atoms with van der Waals surface area (Å²) in [4.78, 5) is 11.6. The van der Waals surface area contributed by atoms with Gasteiger partial charge in [0.05, 0.1) is 5.71 Å². The Hall–Kier alpha value is -0.900. The van der Waals surface area contributed by atoms with Crippen LogP contribution in [0.1, 0.15) is 13.3 Å². The maximum Gasteiger partial charge on any atom is 0.255 e. The summed E-state index contributed by atoms with van der Waals surface area (Å²) in [5, 5.41) is 8.90. The van der Waals surface area contributed by atoms with Crippen molar-refractivity contribution in [3.63, 3.8) is 0 Å². The molecule has 2 heterocycles. The van der Waals surface area contributed by atoms with Gasteiger partial charge in [-0.05, 0) is 6.92 Å². The van der Waals surface area contributed by atoms with Gasteiger partial charge in [-0.3, -0.25) is 4.79 Å². The maximum absolute atomic E-state index is 11.6. The Balaban J connectivity index is 2.36. The number of hydrogen-bond acceptors (Lipinski definition) is 3. The van der Waals surface area contributed by atoms with Crippen LogP contribution in [0, 0.1) is 5.41 Å². The normalized spacial score (nSPS) is 35.0. The van der Waals surface area contributed by atoms with Gasteiger partial charge in [0.2, 0.25) is 0 Å². The van der Waals surface area contributed by atoms with E-state index in [0.29, 0.717) is 0 Å². The standard InChI is InChI=1S/C8H13N3O/c1-8-5-9-4-3-6(8)10-11(2)7(8)12/h9H,3-5H2,1-2H3. The lowest BCUT2D eigenvalue weighted by Crippen LogP contribution is -2.48. The van der Waals surface area contributed by atoms with Crippen LogP contribution in [0.15, 0.2) is 5.10 Å². The summed E-state index contributed by atoms with van der Waals surface area (Å²) in [6.07, 6.45) is 0.895. The molecule has 0 aromatic rings. The molecule has 0 aliphatic carbocycles. The number of carbonyl (C=O) groups is 1. The zero-order valence-electron chi connectivity index (χ0n) is 7.42. The van der Waals surface area contributed by atoms with Crippen LogP contribution in [-0.2, 0) is 4.79 Å². The van der Waals surface area contributed by atoms with Crippen LogP contribution >= 0.6 is 0 Å². The highest BCUT2D eigenvalue weighted by Crippen LogP contribution is 2.30. The number of hydrazone groups is 1. The molecule has 2 aliphatic heterocycles. The predicted octanol–water partition coefficient (Wildman–Crippen LogP) is -0.186. The number of rotatable bonds is 0. The lowest BCUT2D eigenvalue weighted by molar-refractivity contribution is -0.134. The fraction of sp³-hybridized carbons (Fsp3) is 0.750. The zero-order valence-corrected chi connectivity index (χ0v) is 7.42. The summed E-state index contributed by atoms with van der Waals surface area (Å²) in [5.74, 6) is 0.115. The van der Waals surface area contributed by atoms with Gasteiger partial charge in [0.25, 0.3) is 5.91 Å². The van der Waals surface area contributed by atoms with Gasteiger partial charge in [-0.25, -0.2) is 5.01 Å². The fourth-order valence-corrected chi connectivity index (χ4v) is 1.87. The molecule has 12 heavy (non-hydrogen) atoms. The summed E-state index contributed by atoms with van der Waals surface area (Å²) in [5.41, 5.74) is 0.682. The molecule has 1 fully saturated rings. The van der Waals surface area contributed by atoms with E-state index in [1.165, 1.54) is 5.01 Å². The van der Waals surface area contributed by atoms with E-state index >= 15 is 0 Å². The van der Waals surface area contributed by atoms with Gasteiger partial charge in [0.1, 0.15) is 5.41 Å². The van der Waals surface area contributed by atoms with Gasteiger partial charge in [-0.2, -0.15) is 5.10 Å². The van der Waals surface area contributed by atoms with Crippen molar-refractivity contribution >= 4 is 11.6 Å². The van der Waals surface area contributed by atoms with Crippen molar-refractivity contribution in [2.45, 2.75) is 13.3 Å². The minimum Gasteiger partial charge on any atom is -0.315 e. The third-order valence-corrected chi connectivity index (χ3v) is 2.69. The predicted molar refractivity (Wildman–Crippen MR) is 45.8 cm³/mol. The van der Waals surface area contributed by atoms with Crippen molar-refractivity contribution in [3.8, 4) is 0 Å². The Bertz CT molecular complexity index is 261. The molecule has 4 heteroatoms. The summed E-state index contributed by atoms with van der Waals surface area (Å²) in [6.45, 7) is 3.63. The monoisotopic (exact) mass is 167 g/mol. The average Bonchev–Trinajstić information content (AvgIpc) is 2.28. The molecule has 0 aromatic heterocycles. The maximum atomic E-state index is 11.6. The van der Waals surface area contributed by atoms with Crippen molar-refractivity contribution in [2.24, 2.45) is 10.5 Å². The SMILES string of the molecule is CN1N=C2CCNCC2(C)C1=O. The molecule has 1 N–H and O–H groups in total. The smallest absolute Gasteiger partial charge is 0.255 e. The molecule has 2 rings (SSSR count). The minimum atomic E-state index is -0.354. The second-order valence-electron chi connectivity index (χ2n) is 3.63. The number of carbonyl (C=O) groups excluding carboxylic acids is 1. The van der Waals surface area contributed by atoms with Crippen LogP contribution in [-0.4, -0.2) is 36.8 Å². The van der Waals surface area contributed by atoms with E-state index in [4.69, 9.17) is 0 Å². The third-order valence-electron chi connectivity index (χ3n) is 2.69. The summed E-state index contributed by atoms with van der Waals surface area (Å²) >= 11 is 0.